The highest BCUT2D eigenvalue weighted by atomic mass is 15.1. The first-order valence-corrected chi connectivity index (χ1v) is 9.30. The largest absolute Gasteiger partial charge is 0.303 e. The van der Waals surface area contributed by atoms with Crippen LogP contribution in [0.25, 0.3) is 0 Å². The summed E-state index contributed by atoms with van der Waals surface area (Å²) in [6.07, 6.45) is 17.4. The molecule has 0 aromatic heterocycles. The predicted molar refractivity (Wildman–Crippen MR) is 91.3 cm³/mol. The third-order valence-electron chi connectivity index (χ3n) is 4.60. The number of likely N-dealkylation sites (tertiary alicyclic amines) is 1. The molecule has 0 bridgehead atoms. The SMILES string of the molecule is CC(C)(C)CCCCCCCCCCN1CCCCC1. The first-order chi connectivity index (χ1) is 9.58. The van der Waals surface area contributed by atoms with E-state index in [4.69, 9.17) is 0 Å². The molecule has 1 heteroatoms. The minimum atomic E-state index is 0.536. The van der Waals surface area contributed by atoms with Crippen LogP contribution in [0.15, 0.2) is 0 Å². The molecule has 0 saturated carbocycles. The summed E-state index contributed by atoms with van der Waals surface area (Å²) in [7, 11) is 0. The van der Waals surface area contributed by atoms with Crippen molar-refractivity contribution in [3.63, 3.8) is 0 Å². The number of hydrogen-bond acceptors (Lipinski definition) is 1. The molecule has 0 radical (unpaired) electrons. The molecule has 1 aliphatic heterocycles. The third-order valence-corrected chi connectivity index (χ3v) is 4.60. The molecule has 1 saturated heterocycles. The van der Waals surface area contributed by atoms with Crippen molar-refractivity contribution in [3.8, 4) is 0 Å². The molecule has 0 atom stereocenters. The van der Waals surface area contributed by atoms with E-state index in [-0.39, 0.29) is 0 Å². The molecule has 20 heavy (non-hydrogen) atoms. The Balaban J connectivity index is 1.76. The van der Waals surface area contributed by atoms with Gasteiger partial charge in [0.25, 0.3) is 0 Å². The van der Waals surface area contributed by atoms with Gasteiger partial charge in [0.15, 0.2) is 0 Å². The normalized spacial score (nSPS) is 17.6. The van der Waals surface area contributed by atoms with Gasteiger partial charge in [-0.25, -0.2) is 0 Å². The van der Waals surface area contributed by atoms with Crippen LogP contribution in [0.2, 0.25) is 0 Å². The average molecular weight is 282 g/mol. The fourth-order valence-corrected chi connectivity index (χ4v) is 3.23. The maximum absolute atomic E-state index is 2.68. The molecule has 1 heterocycles. The van der Waals surface area contributed by atoms with E-state index in [2.05, 4.69) is 25.7 Å². The van der Waals surface area contributed by atoms with E-state index in [1.807, 2.05) is 0 Å². The van der Waals surface area contributed by atoms with Crippen LogP contribution >= 0.6 is 0 Å². The Morgan fingerprint density at radius 3 is 1.70 bits per heavy atom. The molecule has 0 amide bonds. The van der Waals surface area contributed by atoms with Crippen molar-refractivity contribution in [2.75, 3.05) is 19.6 Å². The molecule has 0 aromatic rings. The van der Waals surface area contributed by atoms with Crippen molar-refractivity contribution >= 4 is 0 Å². The number of hydrogen-bond donors (Lipinski definition) is 0. The van der Waals surface area contributed by atoms with Crippen LogP contribution in [0.5, 0.6) is 0 Å². The smallest absolute Gasteiger partial charge is 0.00187 e. The van der Waals surface area contributed by atoms with Crippen molar-refractivity contribution in [1.82, 2.24) is 4.90 Å². The van der Waals surface area contributed by atoms with Gasteiger partial charge < -0.3 is 4.90 Å². The van der Waals surface area contributed by atoms with E-state index in [9.17, 15) is 0 Å². The van der Waals surface area contributed by atoms with Gasteiger partial charge in [-0.05, 0) is 50.7 Å². The highest BCUT2D eigenvalue weighted by Crippen LogP contribution is 2.22. The van der Waals surface area contributed by atoms with Crippen LogP contribution in [0, 0.1) is 5.41 Å². The second kappa shape index (κ2) is 10.7. The minimum absolute atomic E-state index is 0.536. The molecule has 1 rings (SSSR count). The van der Waals surface area contributed by atoms with Gasteiger partial charge in [0.2, 0.25) is 0 Å². The summed E-state index contributed by atoms with van der Waals surface area (Å²) in [5.74, 6) is 0. The van der Waals surface area contributed by atoms with Gasteiger partial charge in [0.1, 0.15) is 0 Å². The lowest BCUT2D eigenvalue weighted by Gasteiger charge is -2.26. The van der Waals surface area contributed by atoms with Crippen LogP contribution in [-0.2, 0) is 0 Å². The molecule has 0 unspecified atom stereocenters. The number of rotatable bonds is 10. The molecule has 120 valence electrons. The highest BCUT2D eigenvalue weighted by Gasteiger charge is 2.09. The van der Waals surface area contributed by atoms with Crippen molar-refractivity contribution in [2.24, 2.45) is 5.41 Å². The molecule has 0 N–H and O–H groups in total. The van der Waals surface area contributed by atoms with E-state index in [0.717, 1.165) is 0 Å². The summed E-state index contributed by atoms with van der Waals surface area (Å²) in [6, 6.07) is 0. The summed E-state index contributed by atoms with van der Waals surface area (Å²) < 4.78 is 0. The van der Waals surface area contributed by atoms with Crippen LogP contribution in [0.3, 0.4) is 0 Å². The van der Waals surface area contributed by atoms with E-state index < -0.39 is 0 Å². The monoisotopic (exact) mass is 281 g/mol. The Labute approximate surface area is 128 Å². The molecule has 1 aliphatic rings. The Kier molecular flexibility index (Phi) is 9.59. The van der Waals surface area contributed by atoms with Crippen molar-refractivity contribution in [1.29, 1.82) is 0 Å². The Bertz CT molecular complexity index is 210. The topological polar surface area (TPSA) is 3.24 Å². The van der Waals surface area contributed by atoms with Crippen molar-refractivity contribution in [2.45, 2.75) is 97.8 Å². The summed E-state index contributed by atoms with van der Waals surface area (Å²) in [4.78, 5) is 2.68. The average Bonchev–Trinajstić information content (AvgIpc) is 2.41. The minimum Gasteiger partial charge on any atom is -0.303 e. The van der Waals surface area contributed by atoms with Crippen LogP contribution < -0.4 is 0 Å². The number of nitrogens with zero attached hydrogens (tertiary/aromatic N) is 1. The summed E-state index contributed by atoms with van der Waals surface area (Å²) in [5.41, 5.74) is 0.536. The lowest BCUT2D eigenvalue weighted by atomic mass is 9.89. The fourth-order valence-electron chi connectivity index (χ4n) is 3.23. The van der Waals surface area contributed by atoms with Crippen LogP contribution in [0.4, 0.5) is 0 Å². The van der Waals surface area contributed by atoms with E-state index >= 15 is 0 Å². The van der Waals surface area contributed by atoms with E-state index in [1.165, 1.54) is 96.7 Å². The Morgan fingerprint density at radius 1 is 0.650 bits per heavy atom. The number of piperidine rings is 1. The fraction of sp³-hybridized carbons (Fsp3) is 1.00. The highest BCUT2D eigenvalue weighted by molar-refractivity contribution is 4.64. The molecule has 1 nitrogen and oxygen atoms in total. The predicted octanol–water partition coefficient (Wildman–Crippen LogP) is 6.03. The molecule has 0 spiro atoms. The standard InChI is InChI=1S/C19H39N/c1-19(2,3)15-11-8-6-4-5-7-9-12-16-20-17-13-10-14-18-20/h4-18H2,1-3H3. The van der Waals surface area contributed by atoms with Crippen molar-refractivity contribution < 1.29 is 0 Å². The second-order valence-corrected chi connectivity index (χ2v) is 8.04. The lowest BCUT2D eigenvalue weighted by Crippen LogP contribution is -2.30. The van der Waals surface area contributed by atoms with Gasteiger partial charge in [-0.1, -0.05) is 72.1 Å². The van der Waals surface area contributed by atoms with Gasteiger partial charge in [0, 0.05) is 0 Å². The zero-order valence-electron chi connectivity index (χ0n) is 14.6. The number of unbranched alkanes of at least 4 members (excludes halogenated alkanes) is 7. The Hall–Kier alpha value is -0.0400. The molecule has 0 aliphatic carbocycles. The molecule has 0 aromatic carbocycles. The first-order valence-electron chi connectivity index (χ1n) is 9.30. The van der Waals surface area contributed by atoms with Gasteiger partial charge in [-0.3, -0.25) is 0 Å². The Morgan fingerprint density at radius 2 is 1.15 bits per heavy atom. The lowest BCUT2D eigenvalue weighted by molar-refractivity contribution is 0.224. The summed E-state index contributed by atoms with van der Waals surface area (Å²) in [5, 5.41) is 0. The van der Waals surface area contributed by atoms with Gasteiger partial charge in [-0.2, -0.15) is 0 Å². The van der Waals surface area contributed by atoms with E-state index in [0.29, 0.717) is 5.41 Å². The molecular weight excluding hydrogens is 242 g/mol. The zero-order valence-corrected chi connectivity index (χ0v) is 14.6. The maximum atomic E-state index is 2.68. The summed E-state index contributed by atoms with van der Waals surface area (Å²) in [6.45, 7) is 11.2. The van der Waals surface area contributed by atoms with E-state index in [1.54, 1.807) is 0 Å². The summed E-state index contributed by atoms with van der Waals surface area (Å²) >= 11 is 0. The van der Waals surface area contributed by atoms with Gasteiger partial charge >= 0.3 is 0 Å². The van der Waals surface area contributed by atoms with Crippen molar-refractivity contribution in [3.05, 3.63) is 0 Å². The molecular formula is C19H39N. The quantitative estimate of drug-likeness (QED) is 0.442. The van der Waals surface area contributed by atoms with Crippen LogP contribution in [-0.4, -0.2) is 24.5 Å². The molecule has 1 fully saturated rings. The first kappa shape index (κ1) is 18.0. The maximum Gasteiger partial charge on any atom is -0.00187 e. The van der Waals surface area contributed by atoms with Crippen LogP contribution in [0.1, 0.15) is 97.8 Å². The zero-order chi connectivity index (χ0) is 14.7. The second-order valence-electron chi connectivity index (χ2n) is 8.04. The third kappa shape index (κ3) is 10.7. The van der Waals surface area contributed by atoms with Gasteiger partial charge in [0.05, 0.1) is 0 Å². The van der Waals surface area contributed by atoms with Gasteiger partial charge in [-0.15, -0.1) is 0 Å².